The SMILES string of the molecule is O=c1n(-c2ccccc2)c(=O)n2n1[C@@H]1CC=C[C@@H]2CC1. The molecule has 0 amide bonds. The van der Waals surface area contributed by atoms with Crippen molar-refractivity contribution in [1.29, 1.82) is 0 Å². The van der Waals surface area contributed by atoms with Crippen LogP contribution in [-0.4, -0.2) is 13.9 Å². The molecule has 0 saturated heterocycles. The molecule has 2 bridgehead atoms. The highest BCUT2D eigenvalue weighted by Gasteiger charge is 2.32. The van der Waals surface area contributed by atoms with Crippen molar-refractivity contribution in [3.63, 3.8) is 0 Å². The van der Waals surface area contributed by atoms with Crippen LogP contribution in [0.25, 0.3) is 5.69 Å². The Morgan fingerprint density at radius 3 is 2.50 bits per heavy atom. The number of nitrogens with zero attached hydrogens (tertiary/aromatic N) is 3. The summed E-state index contributed by atoms with van der Waals surface area (Å²) >= 11 is 0. The van der Waals surface area contributed by atoms with Crippen LogP contribution in [0.1, 0.15) is 31.3 Å². The molecule has 0 unspecified atom stereocenters. The van der Waals surface area contributed by atoms with Gasteiger partial charge in [0.2, 0.25) is 0 Å². The highest BCUT2D eigenvalue weighted by atomic mass is 16.2. The Labute approximate surface area is 115 Å². The van der Waals surface area contributed by atoms with Gasteiger partial charge in [-0.05, 0) is 31.4 Å². The lowest BCUT2D eigenvalue weighted by atomic mass is 10.1. The van der Waals surface area contributed by atoms with E-state index in [0.717, 1.165) is 19.3 Å². The minimum absolute atomic E-state index is 0.0129. The van der Waals surface area contributed by atoms with Gasteiger partial charge in [-0.3, -0.25) is 0 Å². The van der Waals surface area contributed by atoms with Gasteiger partial charge in [0.15, 0.2) is 0 Å². The molecule has 0 saturated carbocycles. The zero-order chi connectivity index (χ0) is 13.7. The molecule has 3 aliphatic rings. The van der Waals surface area contributed by atoms with Crippen LogP contribution in [0.5, 0.6) is 0 Å². The van der Waals surface area contributed by atoms with Gasteiger partial charge in [0.1, 0.15) is 0 Å². The van der Waals surface area contributed by atoms with Gasteiger partial charge in [-0.2, -0.15) is 0 Å². The van der Waals surface area contributed by atoms with E-state index in [9.17, 15) is 9.59 Å². The largest absolute Gasteiger partial charge is 0.352 e. The number of fused-ring (bicyclic) bond motifs is 2. The van der Waals surface area contributed by atoms with Gasteiger partial charge in [-0.25, -0.2) is 23.5 Å². The van der Waals surface area contributed by atoms with Crippen molar-refractivity contribution in [2.45, 2.75) is 31.3 Å². The zero-order valence-corrected chi connectivity index (χ0v) is 11.0. The Bertz CT molecular complexity index is 795. The summed E-state index contributed by atoms with van der Waals surface area (Å²) in [5, 5.41) is 0. The summed E-state index contributed by atoms with van der Waals surface area (Å²) in [5.74, 6) is 0. The van der Waals surface area contributed by atoms with E-state index >= 15 is 0 Å². The Morgan fingerprint density at radius 2 is 1.70 bits per heavy atom. The van der Waals surface area contributed by atoms with Gasteiger partial charge in [0.05, 0.1) is 17.8 Å². The van der Waals surface area contributed by atoms with Gasteiger partial charge in [-0.15, -0.1) is 0 Å². The van der Waals surface area contributed by atoms with Crippen LogP contribution in [0.4, 0.5) is 0 Å². The van der Waals surface area contributed by atoms with E-state index < -0.39 is 0 Å². The Kier molecular flexibility index (Phi) is 2.36. The molecule has 2 atom stereocenters. The maximum Gasteiger partial charge on any atom is 0.352 e. The van der Waals surface area contributed by atoms with Crippen LogP contribution in [0.3, 0.4) is 0 Å². The fraction of sp³-hybridized carbons (Fsp3) is 0.333. The number of hydrogen-bond donors (Lipinski definition) is 0. The highest BCUT2D eigenvalue weighted by Crippen LogP contribution is 2.32. The van der Waals surface area contributed by atoms with Crippen molar-refractivity contribution < 1.29 is 0 Å². The van der Waals surface area contributed by atoms with E-state index in [1.165, 1.54) is 4.57 Å². The van der Waals surface area contributed by atoms with Gasteiger partial charge >= 0.3 is 11.4 Å². The molecule has 5 heteroatoms. The summed E-state index contributed by atoms with van der Waals surface area (Å²) in [6.07, 6.45) is 6.86. The predicted octanol–water partition coefficient (Wildman–Crippen LogP) is 1.64. The van der Waals surface area contributed by atoms with E-state index in [0.29, 0.717) is 5.69 Å². The summed E-state index contributed by atoms with van der Waals surface area (Å²) < 4.78 is 4.57. The molecule has 2 aromatic rings. The third-order valence-electron chi connectivity index (χ3n) is 4.24. The molecule has 3 heterocycles. The van der Waals surface area contributed by atoms with E-state index in [4.69, 9.17) is 0 Å². The van der Waals surface area contributed by atoms with Crippen LogP contribution in [0, 0.1) is 0 Å². The van der Waals surface area contributed by atoms with Crippen molar-refractivity contribution in [2.24, 2.45) is 0 Å². The molecule has 0 N–H and O–H groups in total. The normalized spacial score (nSPS) is 23.6. The molecule has 1 aliphatic carbocycles. The van der Waals surface area contributed by atoms with Crippen molar-refractivity contribution in [3.05, 3.63) is 63.5 Å². The summed E-state index contributed by atoms with van der Waals surface area (Å²) in [6.45, 7) is 0. The molecular formula is C15H15N3O2. The van der Waals surface area contributed by atoms with Crippen molar-refractivity contribution in [1.82, 2.24) is 13.9 Å². The molecule has 0 radical (unpaired) electrons. The van der Waals surface area contributed by atoms with Crippen LogP contribution < -0.4 is 11.4 Å². The maximum atomic E-state index is 12.7. The lowest BCUT2D eigenvalue weighted by Crippen LogP contribution is -2.35. The van der Waals surface area contributed by atoms with Gasteiger partial charge in [0.25, 0.3) is 0 Å². The molecule has 102 valence electrons. The number of para-hydroxylation sites is 1. The first-order valence-electron chi connectivity index (χ1n) is 6.95. The lowest BCUT2D eigenvalue weighted by Gasteiger charge is -2.26. The summed E-state index contributed by atoms with van der Waals surface area (Å²) in [7, 11) is 0. The minimum atomic E-state index is -0.234. The molecule has 20 heavy (non-hydrogen) atoms. The minimum Gasteiger partial charge on any atom is -0.245 e. The molecule has 0 fully saturated rings. The molecule has 5 nitrogen and oxygen atoms in total. The first-order chi connectivity index (χ1) is 9.77. The Balaban J connectivity index is 2.04. The Morgan fingerprint density at radius 1 is 0.950 bits per heavy atom. The van der Waals surface area contributed by atoms with E-state index in [1.807, 2.05) is 18.2 Å². The monoisotopic (exact) mass is 269 g/mol. The van der Waals surface area contributed by atoms with Gasteiger partial charge in [-0.1, -0.05) is 30.4 Å². The third-order valence-corrected chi connectivity index (χ3v) is 4.24. The number of hydrogen-bond acceptors (Lipinski definition) is 2. The van der Waals surface area contributed by atoms with E-state index in [-0.39, 0.29) is 23.5 Å². The first-order valence-corrected chi connectivity index (χ1v) is 6.95. The fourth-order valence-corrected chi connectivity index (χ4v) is 3.30. The molecule has 5 rings (SSSR count). The quantitative estimate of drug-likeness (QED) is 0.739. The number of rotatable bonds is 1. The zero-order valence-electron chi connectivity index (χ0n) is 11.0. The lowest BCUT2D eigenvalue weighted by molar-refractivity contribution is 0.257. The van der Waals surface area contributed by atoms with E-state index in [1.54, 1.807) is 21.5 Å². The van der Waals surface area contributed by atoms with Crippen molar-refractivity contribution in [2.75, 3.05) is 0 Å². The predicted molar refractivity (Wildman–Crippen MR) is 75.4 cm³/mol. The van der Waals surface area contributed by atoms with Crippen molar-refractivity contribution >= 4 is 0 Å². The second-order valence-electron chi connectivity index (χ2n) is 5.39. The van der Waals surface area contributed by atoms with Crippen LogP contribution in [-0.2, 0) is 0 Å². The van der Waals surface area contributed by atoms with Crippen LogP contribution in [0.2, 0.25) is 0 Å². The maximum absolute atomic E-state index is 12.7. The summed E-state index contributed by atoms with van der Waals surface area (Å²) in [6, 6.07) is 9.25. The average Bonchev–Trinajstić information content (AvgIpc) is 2.69. The molecule has 0 spiro atoms. The van der Waals surface area contributed by atoms with Gasteiger partial charge < -0.3 is 0 Å². The fourth-order valence-electron chi connectivity index (χ4n) is 3.30. The van der Waals surface area contributed by atoms with Crippen LogP contribution in [0.15, 0.2) is 52.1 Å². The molecular weight excluding hydrogens is 254 g/mol. The van der Waals surface area contributed by atoms with E-state index in [2.05, 4.69) is 12.2 Å². The Hall–Kier alpha value is -2.30. The van der Waals surface area contributed by atoms with Gasteiger partial charge in [0, 0.05) is 0 Å². The summed E-state index contributed by atoms with van der Waals surface area (Å²) in [4.78, 5) is 25.3. The topological polar surface area (TPSA) is 48.9 Å². The number of allylic oxidation sites excluding steroid dienone is 2. The molecule has 1 aromatic carbocycles. The molecule has 1 aromatic heterocycles. The van der Waals surface area contributed by atoms with Crippen molar-refractivity contribution in [3.8, 4) is 5.69 Å². The third kappa shape index (κ3) is 1.43. The standard InChI is InChI=1S/C15H15N3O2/c19-14-16(11-5-2-1-3-6-11)15(20)18-13-8-4-7-12(9-10-13)17(14)18/h1-7,12-13H,8-10H2/t12-,13-/m1/s1. The summed E-state index contributed by atoms with van der Waals surface area (Å²) in [5.41, 5.74) is 0.181. The van der Waals surface area contributed by atoms with Crippen LogP contribution >= 0.6 is 0 Å². The second kappa shape index (κ2) is 4.10. The highest BCUT2D eigenvalue weighted by molar-refractivity contribution is 5.30. The number of aromatic nitrogens is 3. The first kappa shape index (κ1) is 11.5. The molecule has 2 aliphatic heterocycles. The second-order valence-corrected chi connectivity index (χ2v) is 5.39. The smallest absolute Gasteiger partial charge is 0.245 e. The number of benzene rings is 1. The average molecular weight is 269 g/mol.